The average Bonchev–Trinajstić information content (AvgIpc) is 2.39. The third-order valence-corrected chi connectivity index (χ3v) is 4.10. The van der Waals surface area contributed by atoms with Crippen molar-refractivity contribution in [2.45, 2.75) is 47.0 Å². The fraction of sp³-hybridized carbons (Fsp3) is 0.500. The van der Waals surface area contributed by atoms with E-state index in [1.165, 1.54) is 6.42 Å². The van der Waals surface area contributed by atoms with Gasteiger partial charge in [-0.15, -0.1) is 0 Å². The summed E-state index contributed by atoms with van der Waals surface area (Å²) in [6.07, 6.45) is 5.49. The zero-order valence-electron chi connectivity index (χ0n) is 12.9. The molecule has 0 amide bonds. The summed E-state index contributed by atoms with van der Waals surface area (Å²) in [5.41, 5.74) is 1.09. The molecule has 0 heterocycles. The van der Waals surface area contributed by atoms with E-state index < -0.39 is 0 Å². The van der Waals surface area contributed by atoms with Crippen LogP contribution in [0.1, 0.15) is 57.3 Å². The molecule has 0 saturated carbocycles. The van der Waals surface area contributed by atoms with Crippen LogP contribution in [0.3, 0.4) is 0 Å². The van der Waals surface area contributed by atoms with Crippen molar-refractivity contribution in [1.29, 1.82) is 0 Å². The van der Waals surface area contributed by atoms with Gasteiger partial charge >= 0.3 is 0 Å². The number of allylic oxidation sites excluding steroid dienone is 2. The van der Waals surface area contributed by atoms with Gasteiger partial charge in [-0.2, -0.15) is 0 Å². The first-order valence-corrected chi connectivity index (χ1v) is 7.34. The fourth-order valence-electron chi connectivity index (χ4n) is 2.60. The van der Waals surface area contributed by atoms with Crippen molar-refractivity contribution >= 4 is 5.78 Å². The molecular weight excluding hydrogens is 248 g/mol. The molecule has 2 rings (SSSR count). The second kappa shape index (κ2) is 5.82. The minimum Gasteiger partial charge on any atom is -0.462 e. The second-order valence-electron chi connectivity index (χ2n) is 6.69. The van der Waals surface area contributed by atoms with Crippen LogP contribution in [0.5, 0.6) is 5.75 Å². The molecule has 0 aliphatic heterocycles. The number of hydrogen-bond donors (Lipinski definition) is 0. The van der Waals surface area contributed by atoms with Crippen LogP contribution in [-0.4, -0.2) is 5.78 Å². The van der Waals surface area contributed by atoms with Gasteiger partial charge in [0.1, 0.15) is 11.5 Å². The van der Waals surface area contributed by atoms with Crippen LogP contribution in [0.15, 0.2) is 36.1 Å². The lowest BCUT2D eigenvalue weighted by molar-refractivity contribution is 0.101. The Bertz CT molecular complexity index is 503. The maximum Gasteiger partial charge on any atom is 0.159 e. The van der Waals surface area contributed by atoms with Crippen LogP contribution in [0.4, 0.5) is 0 Å². The number of carbonyl (C=O) groups is 1. The van der Waals surface area contributed by atoms with E-state index in [1.54, 1.807) is 6.92 Å². The van der Waals surface area contributed by atoms with Gasteiger partial charge in [-0.1, -0.05) is 20.8 Å². The summed E-state index contributed by atoms with van der Waals surface area (Å²) in [5.74, 6) is 2.69. The lowest BCUT2D eigenvalue weighted by Crippen LogP contribution is -2.22. The first kappa shape index (κ1) is 14.8. The molecule has 108 valence electrons. The molecule has 1 atom stereocenters. The Labute approximate surface area is 121 Å². The first-order valence-electron chi connectivity index (χ1n) is 7.34. The van der Waals surface area contributed by atoms with Gasteiger partial charge in [-0.3, -0.25) is 4.79 Å². The van der Waals surface area contributed by atoms with Gasteiger partial charge in [-0.05, 0) is 61.4 Å². The second-order valence-corrected chi connectivity index (χ2v) is 6.69. The van der Waals surface area contributed by atoms with Gasteiger partial charge in [0, 0.05) is 12.0 Å². The number of ketones is 1. The van der Waals surface area contributed by atoms with Crippen molar-refractivity contribution in [1.82, 2.24) is 0 Å². The lowest BCUT2D eigenvalue weighted by Gasteiger charge is -2.33. The Morgan fingerprint density at radius 1 is 1.20 bits per heavy atom. The summed E-state index contributed by atoms with van der Waals surface area (Å²) in [7, 11) is 0. The monoisotopic (exact) mass is 272 g/mol. The molecule has 0 spiro atoms. The zero-order valence-corrected chi connectivity index (χ0v) is 12.9. The molecule has 20 heavy (non-hydrogen) atoms. The van der Waals surface area contributed by atoms with Crippen LogP contribution in [0.25, 0.3) is 0 Å². The highest BCUT2D eigenvalue weighted by Crippen LogP contribution is 2.37. The Balaban J connectivity index is 1.98. The summed E-state index contributed by atoms with van der Waals surface area (Å²) in [6, 6.07) is 7.37. The van der Waals surface area contributed by atoms with E-state index in [9.17, 15) is 4.79 Å². The molecule has 0 N–H and O–H groups in total. The van der Waals surface area contributed by atoms with Crippen LogP contribution in [0, 0.1) is 11.3 Å². The van der Waals surface area contributed by atoms with Gasteiger partial charge in [0.2, 0.25) is 0 Å². The summed E-state index contributed by atoms with van der Waals surface area (Å²) in [6.45, 7) is 8.49. The lowest BCUT2D eigenvalue weighted by atomic mass is 9.74. The summed E-state index contributed by atoms with van der Waals surface area (Å²) in [5, 5.41) is 0. The van der Waals surface area contributed by atoms with Gasteiger partial charge in [0.15, 0.2) is 5.78 Å². The van der Waals surface area contributed by atoms with E-state index in [4.69, 9.17) is 4.74 Å². The molecule has 1 aliphatic carbocycles. The van der Waals surface area contributed by atoms with Crippen LogP contribution < -0.4 is 4.74 Å². The quantitative estimate of drug-likeness (QED) is 0.724. The van der Waals surface area contributed by atoms with E-state index in [0.29, 0.717) is 5.41 Å². The summed E-state index contributed by atoms with van der Waals surface area (Å²) < 4.78 is 5.90. The average molecular weight is 272 g/mol. The Morgan fingerprint density at radius 2 is 1.85 bits per heavy atom. The van der Waals surface area contributed by atoms with Gasteiger partial charge in [0.05, 0.1) is 0 Å². The third kappa shape index (κ3) is 3.72. The minimum absolute atomic E-state index is 0.0847. The van der Waals surface area contributed by atoms with Crippen LogP contribution in [0.2, 0.25) is 0 Å². The molecule has 2 heteroatoms. The molecule has 0 bridgehead atoms. The highest BCUT2D eigenvalue weighted by Gasteiger charge is 2.26. The minimum atomic E-state index is 0.0847. The molecule has 1 aliphatic rings. The first-order chi connectivity index (χ1) is 9.36. The number of benzene rings is 1. The fourth-order valence-corrected chi connectivity index (χ4v) is 2.60. The molecule has 0 fully saturated rings. The van der Waals surface area contributed by atoms with Crippen molar-refractivity contribution < 1.29 is 9.53 Å². The van der Waals surface area contributed by atoms with Crippen LogP contribution >= 0.6 is 0 Å². The third-order valence-electron chi connectivity index (χ3n) is 4.10. The highest BCUT2D eigenvalue weighted by atomic mass is 16.5. The van der Waals surface area contributed by atoms with Crippen molar-refractivity contribution in [3.8, 4) is 5.75 Å². The normalized spacial score (nSPS) is 19.4. The van der Waals surface area contributed by atoms with Crippen molar-refractivity contribution in [3.63, 3.8) is 0 Å². The topological polar surface area (TPSA) is 26.3 Å². The van der Waals surface area contributed by atoms with Crippen LogP contribution in [-0.2, 0) is 0 Å². The predicted octanol–water partition coefficient (Wildman–Crippen LogP) is 5.00. The number of Topliss-reactive ketones (excluding diaryl/α,β-unsaturated/α-hetero) is 1. The van der Waals surface area contributed by atoms with Gasteiger partial charge < -0.3 is 4.74 Å². The van der Waals surface area contributed by atoms with E-state index in [1.807, 2.05) is 24.3 Å². The summed E-state index contributed by atoms with van der Waals surface area (Å²) >= 11 is 0. The molecule has 1 aromatic carbocycles. The van der Waals surface area contributed by atoms with Gasteiger partial charge in [0.25, 0.3) is 0 Å². The molecule has 0 aromatic heterocycles. The molecule has 2 nitrogen and oxygen atoms in total. The number of rotatable bonds is 3. The molecular formula is C18H24O2. The van der Waals surface area contributed by atoms with E-state index in [-0.39, 0.29) is 5.78 Å². The Hall–Kier alpha value is -1.57. The van der Waals surface area contributed by atoms with Crippen molar-refractivity contribution in [2.75, 3.05) is 0 Å². The smallest absolute Gasteiger partial charge is 0.159 e. The number of hydrogen-bond acceptors (Lipinski definition) is 2. The SMILES string of the molecule is CC(=O)c1ccc(OC2=CCC(C(C)(C)C)CC2)cc1. The molecule has 0 radical (unpaired) electrons. The maximum atomic E-state index is 11.2. The van der Waals surface area contributed by atoms with Crippen molar-refractivity contribution in [3.05, 3.63) is 41.7 Å². The van der Waals surface area contributed by atoms with E-state index >= 15 is 0 Å². The van der Waals surface area contributed by atoms with E-state index in [0.717, 1.165) is 35.8 Å². The standard InChI is InChI=1S/C18H24O2/c1-13(19)14-5-9-16(10-6-14)20-17-11-7-15(8-12-17)18(2,3)4/h5-6,9-11,15H,7-8,12H2,1-4H3. The molecule has 1 unspecified atom stereocenters. The highest BCUT2D eigenvalue weighted by molar-refractivity contribution is 5.94. The van der Waals surface area contributed by atoms with E-state index in [2.05, 4.69) is 26.8 Å². The Kier molecular flexibility index (Phi) is 4.32. The maximum absolute atomic E-state index is 11.2. The summed E-state index contributed by atoms with van der Waals surface area (Å²) in [4.78, 5) is 11.2. The number of carbonyl (C=O) groups excluding carboxylic acids is 1. The Morgan fingerprint density at radius 3 is 2.30 bits per heavy atom. The molecule has 0 saturated heterocycles. The van der Waals surface area contributed by atoms with Crippen molar-refractivity contribution in [2.24, 2.45) is 11.3 Å². The predicted molar refractivity (Wildman–Crippen MR) is 82.0 cm³/mol. The molecule has 1 aromatic rings. The zero-order chi connectivity index (χ0) is 14.8. The van der Waals surface area contributed by atoms with Gasteiger partial charge in [-0.25, -0.2) is 0 Å². The number of ether oxygens (including phenoxy) is 1. The largest absolute Gasteiger partial charge is 0.462 e.